The van der Waals surface area contributed by atoms with E-state index in [9.17, 15) is 0 Å². The van der Waals surface area contributed by atoms with Gasteiger partial charge in [0.2, 0.25) is 5.88 Å². The average molecular weight is 228 g/mol. The van der Waals surface area contributed by atoms with Gasteiger partial charge in [0.15, 0.2) is 0 Å². The highest BCUT2D eigenvalue weighted by Crippen LogP contribution is 2.07. The third-order valence-electron chi connectivity index (χ3n) is 1.84. The highest BCUT2D eigenvalue weighted by atomic mass is 32.2. The first-order chi connectivity index (χ1) is 7.22. The van der Waals surface area contributed by atoms with Crippen molar-refractivity contribution in [3.8, 4) is 5.88 Å². The summed E-state index contributed by atoms with van der Waals surface area (Å²) in [6.07, 6.45) is 4.37. The molecule has 1 rings (SSSR count). The molecule has 1 aromatic rings. The van der Waals surface area contributed by atoms with Crippen LogP contribution >= 0.6 is 11.9 Å². The first kappa shape index (κ1) is 12.3. The van der Waals surface area contributed by atoms with E-state index < -0.39 is 0 Å². The zero-order valence-electron chi connectivity index (χ0n) is 9.01. The zero-order chi connectivity index (χ0) is 11.1. The van der Waals surface area contributed by atoms with Crippen LogP contribution in [0.4, 0.5) is 0 Å². The second-order valence-corrected chi connectivity index (χ2v) is 3.92. The fourth-order valence-electron chi connectivity index (χ4n) is 1.01. The van der Waals surface area contributed by atoms with Gasteiger partial charge >= 0.3 is 0 Å². The maximum absolute atomic E-state index is 9.12. The fraction of sp³-hybridized carbons (Fsp3) is 0.500. The quantitative estimate of drug-likeness (QED) is 0.459. The van der Waals surface area contributed by atoms with E-state index in [-0.39, 0.29) is 0 Å². The third-order valence-corrected chi connectivity index (χ3v) is 2.44. The fourth-order valence-corrected chi connectivity index (χ4v) is 1.32. The first-order valence-corrected chi connectivity index (χ1v) is 5.96. The van der Waals surface area contributed by atoms with Crippen LogP contribution in [0.3, 0.4) is 0 Å². The molecule has 0 fully saturated rings. The van der Waals surface area contributed by atoms with Gasteiger partial charge in [0.1, 0.15) is 0 Å². The number of aromatic nitrogens is 1. The minimum absolute atomic E-state index is 0.563. The Labute approximate surface area is 94.4 Å². The molecule has 0 amide bonds. The molecule has 1 N–H and O–H groups in total. The molecule has 0 aromatic carbocycles. The molecule has 0 aliphatic rings. The molecule has 0 saturated carbocycles. The molecule has 1 heterocycles. The molecule has 0 radical (unpaired) electrons. The van der Waals surface area contributed by atoms with Crippen molar-refractivity contribution < 1.29 is 9.94 Å². The summed E-state index contributed by atoms with van der Waals surface area (Å²) in [6, 6.07) is 3.81. The molecule has 15 heavy (non-hydrogen) atoms. The Hall–Kier alpha value is -0.780. The number of nitrogens with zero attached hydrogens (tertiary/aromatic N) is 2. The molecule has 84 valence electrons. The highest BCUT2D eigenvalue weighted by molar-refractivity contribution is 7.96. The largest absolute Gasteiger partial charge is 0.478 e. The van der Waals surface area contributed by atoms with Crippen LogP contribution in [-0.2, 0) is 0 Å². The van der Waals surface area contributed by atoms with Crippen molar-refractivity contribution in [2.24, 2.45) is 0 Å². The lowest BCUT2D eigenvalue weighted by Gasteiger charge is -2.10. The second-order valence-electron chi connectivity index (χ2n) is 3.13. The smallest absolute Gasteiger partial charge is 0.213 e. The van der Waals surface area contributed by atoms with Gasteiger partial charge in [0.25, 0.3) is 0 Å². The van der Waals surface area contributed by atoms with Crippen LogP contribution in [0.15, 0.2) is 18.3 Å². The van der Waals surface area contributed by atoms with Crippen LogP contribution in [-0.4, -0.2) is 34.1 Å². The Bertz CT molecular complexity index is 279. The minimum Gasteiger partial charge on any atom is -0.478 e. The van der Waals surface area contributed by atoms with Crippen LogP contribution in [0.1, 0.15) is 12.0 Å². The number of hydrogen-bond acceptors (Lipinski definition) is 5. The summed E-state index contributed by atoms with van der Waals surface area (Å²) in [7, 11) is 0. The number of ether oxygens (including phenoxy) is 1. The Balaban J connectivity index is 2.17. The van der Waals surface area contributed by atoms with Crippen molar-refractivity contribution in [3.05, 3.63) is 23.9 Å². The molecule has 0 atom stereocenters. The topological polar surface area (TPSA) is 45.6 Å². The maximum Gasteiger partial charge on any atom is 0.213 e. The molecular formula is C10H16N2O2S. The van der Waals surface area contributed by atoms with Gasteiger partial charge in [-0.1, -0.05) is 18.0 Å². The van der Waals surface area contributed by atoms with Crippen LogP contribution < -0.4 is 4.74 Å². The summed E-state index contributed by atoms with van der Waals surface area (Å²) in [5, 5.41) is 9.12. The molecule has 1 aromatic heterocycles. The lowest BCUT2D eigenvalue weighted by Crippen LogP contribution is -2.14. The monoisotopic (exact) mass is 228 g/mol. The predicted octanol–water partition coefficient (Wildman–Crippen LogP) is 2.13. The van der Waals surface area contributed by atoms with E-state index in [0.717, 1.165) is 12.0 Å². The van der Waals surface area contributed by atoms with Gasteiger partial charge in [0, 0.05) is 18.8 Å². The van der Waals surface area contributed by atoms with E-state index in [4.69, 9.17) is 9.94 Å². The Kier molecular flexibility index (Phi) is 5.45. The summed E-state index contributed by atoms with van der Waals surface area (Å²) >= 11 is 1.29. The van der Waals surface area contributed by atoms with Crippen molar-refractivity contribution in [1.82, 2.24) is 9.45 Å². The van der Waals surface area contributed by atoms with Crippen LogP contribution in [0.5, 0.6) is 5.88 Å². The van der Waals surface area contributed by atoms with Gasteiger partial charge in [-0.3, -0.25) is 0 Å². The Morgan fingerprint density at radius 2 is 2.33 bits per heavy atom. The van der Waals surface area contributed by atoms with Gasteiger partial charge in [-0.2, -0.15) is 0 Å². The molecule has 0 unspecified atom stereocenters. The lowest BCUT2D eigenvalue weighted by atomic mass is 10.3. The van der Waals surface area contributed by atoms with E-state index >= 15 is 0 Å². The number of hydrogen-bond donors (Lipinski definition) is 1. The summed E-state index contributed by atoms with van der Waals surface area (Å²) in [5.74, 6) is 0.634. The normalized spacial score (nSPS) is 10.7. The third kappa shape index (κ3) is 5.01. The van der Waals surface area contributed by atoms with Crippen molar-refractivity contribution in [2.45, 2.75) is 13.3 Å². The molecule has 0 aliphatic carbocycles. The summed E-state index contributed by atoms with van der Waals surface area (Å²) in [5.41, 5.74) is 1.12. The van der Waals surface area contributed by atoms with Crippen LogP contribution in [0, 0.1) is 6.92 Å². The van der Waals surface area contributed by atoms with Gasteiger partial charge in [-0.25, -0.2) is 4.98 Å². The number of hydroxylamine groups is 1. The van der Waals surface area contributed by atoms with Gasteiger partial charge in [0.05, 0.1) is 6.61 Å². The number of aryl methyl sites for hydroxylation is 1. The van der Waals surface area contributed by atoms with Gasteiger partial charge < -0.3 is 9.94 Å². The zero-order valence-corrected chi connectivity index (χ0v) is 9.83. The Morgan fingerprint density at radius 1 is 1.53 bits per heavy atom. The van der Waals surface area contributed by atoms with E-state index in [0.29, 0.717) is 19.0 Å². The number of pyridine rings is 1. The van der Waals surface area contributed by atoms with Crippen molar-refractivity contribution in [1.29, 1.82) is 0 Å². The standard InChI is InChI=1S/C10H16N2O2S/c1-9-4-5-10(11-8-9)14-7-3-6-12(13)15-2/h4-5,8,13H,3,6-7H2,1-2H3. The Morgan fingerprint density at radius 3 is 2.93 bits per heavy atom. The van der Waals surface area contributed by atoms with E-state index in [1.165, 1.54) is 16.4 Å². The lowest BCUT2D eigenvalue weighted by molar-refractivity contribution is 0.0135. The molecule has 5 heteroatoms. The maximum atomic E-state index is 9.12. The van der Waals surface area contributed by atoms with Crippen LogP contribution in [0.25, 0.3) is 0 Å². The first-order valence-electron chi connectivity index (χ1n) is 4.78. The summed E-state index contributed by atoms with van der Waals surface area (Å²) < 4.78 is 6.58. The van der Waals surface area contributed by atoms with Crippen molar-refractivity contribution >= 4 is 11.9 Å². The van der Waals surface area contributed by atoms with Crippen LogP contribution in [0.2, 0.25) is 0 Å². The summed E-state index contributed by atoms with van der Waals surface area (Å²) in [4.78, 5) is 4.11. The molecular weight excluding hydrogens is 212 g/mol. The average Bonchev–Trinajstić information content (AvgIpc) is 2.26. The molecule has 0 aliphatic heterocycles. The van der Waals surface area contributed by atoms with E-state index in [1.54, 1.807) is 6.20 Å². The molecule has 0 saturated heterocycles. The minimum atomic E-state index is 0.563. The number of rotatable bonds is 6. The summed E-state index contributed by atoms with van der Waals surface area (Å²) in [6.45, 7) is 3.14. The van der Waals surface area contributed by atoms with Gasteiger partial charge in [-0.05, 0) is 25.2 Å². The SMILES string of the molecule is CSN(O)CCCOc1ccc(C)cn1. The molecule has 0 bridgehead atoms. The second kappa shape index (κ2) is 6.66. The molecule has 0 spiro atoms. The molecule has 4 nitrogen and oxygen atoms in total. The van der Waals surface area contributed by atoms with E-state index in [1.807, 2.05) is 25.3 Å². The van der Waals surface area contributed by atoms with Crippen molar-refractivity contribution in [2.75, 3.05) is 19.4 Å². The van der Waals surface area contributed by atoms with E-state index in [2.05, 4.69) is 4.98 Å². The van der Waals surface area contributed by atoms with Gasteiger partial charge in [-0.15, -0.1) is 4.47 Å². The highest BCUT2D eigenvalue weighted by Gasteiger charge is 1.98. The van der Waals surface area contributed by atoms with Crippen molar-refractivity contribution in [3.63, 3.8) is 0 Å². The predicted molar refractivity (Wildman–Crippen MR) is 61.1 cm³/mol.